The number of nitrogens with two attached hydrogens (primary N) is 1. The summed E-state index contributed by atoms with van der Waals surface area (Å²) in [6, 6.07) is -0.0573. The van der Waals surface area contributed by atoms with Gasteiger partial charge < -0.3 is 16.2 Å². The first-order chi connectivity index (χ1) is 8.70. The van der Waals surface area contributed by atoms with Gasteiger partial charge in [-0.3, -0.25) is 9.59 Å². The zero-order valence-corrected chi connectivity index (χ0v) is 12.1. The number of rotatable bonds is 4. The molecule has 5 heteroatoms. The maximum Gasteiger partial charge on any atom is 0.306 e. The Bertz CT molecular complexity index is 328. The number of carboxylic acid groups (broad SMARTS) is 1. The van der Waals surface area contributed by atoms with E-state index < -0.39 is 5.97 Å². The van der Waals surface area contributed by atoms with Crippen molar-refractivity contribution >= 4 is 11.9 Å². The summed E-state index contributed by atoms with van der Waals surface area (Å²) in [6.07, 6.45) is 3.10. The molecule has 1 saturated carbocycles. The molecule has 0 aromatic heterocycles. The van der Waals surface area contributed by atoms with Crippen LogP contribution >= 0.6 is 0 Å². The van der Waals surface area contributed by atoms with Crippen LogP contribution in [0.4, 0.5) is 0 Å². The zero-order valence-electron chi connectivity index (χ0n) is 12.1. The van der Waals surface area contributed by atoms with Gasteiger partial charge in [0, 0.05) is 18.5 Å². The van der Waals surface area contributed by atoms with Crippen LogP contribution in [0.25, 0.3) is 0 Å². The van der Waals surface area contributed by atoms with Gasteiger partial charge in [-0.25, -0.2) is 0 Å². The van der Waals surface area contributed by atoms with E-state index in [1.165, 1.54) is 0 Å². The number of carbonyl (C=O) groups excluding carboxylic acids is 1. The van der Waals surface area contributed by atoms with E-state index in [0.29, 0.717) is 19.3 Å². The molecule has 4 N–H and O–H groups in total. The molecule has 0 aromatic rings. The first-order valence-corrected chi connectivity index (χ1v) is 6.98. The van der Waals surface area contributed by atoms with Crippen molar-refractivity contribution in [2.45, 2.75) is 65.0 Å². The van der Waals surface area contributed by atoms with E-state index in [-0.39, 0.29) is 29.3 Å². The lowest BCUT2D eigenvalue weighted by Crippen LogP contribution is -2.44. The van der Waals surface area contributed by atoms with Crippen LogP contribution in [0.5, 0.6) is 0 Å². The highest BCUT2D eigenvalue weighted by atomic mass is 16.4. The molecular weight excluding hydrogens is 244 g/mol. The number of hydrogen-bond acceptors (Lipinski definition) is 3. The fraction of sp³-hybridized carbons (Fsp3) is 0.857. The number of carbonyl (C=O) groups is 2. The molecule has 0 radical (unpaired) electrons. The summed E-state index contributed by atoms with van der Waals surface area (Å²) in [5.41, 5.74) is 5.89. The van der Waals surface area contributed by atoms with Gasteiger partial charge in [-0.15, -0.1) is 0 Å². The summed E-state index contributed by atoms with van der Waals surface area (Å²) in [6.45, 7) is 6.05. The van der Waals surface area contributed by atoms with Crippen LogP contribution in [0.2, 0.25) is 0 Å². The third-order valence-electron chi connectivity index (χ3n) is 3.96. The number of carboxylic acids is 1. The first kappa shape index (κ1) is 16.0. The summed E-state index contributed by atoms with van der Waals surface area (Å²) >= 11 is 0. The zero-order chi connectivity index (χ0) is 14.6. The molecule has 1 fully saturated rings. The maximum absolute atomic E-state index is 11.9. The Morgan fingerprint density at radius 2 is 1.79 bits per heavy atom. The van der Waals surface area contributed by atoms with Crippen LogP contribution in [-0.2, 0) is 9.59 Å². The van der Waals surface area contributed by atoms with Crippen LogP contribution in [0, 0.1) is 11.3 Å². The molecule has 1 atom stereocenters. The third-order valence-corrected chi connectivity index (χ3v) is 3.96. The van der Waals surface area contributed by atoms with Crippen molar-refractivity contribution in [2.24, 2.45) is 17.1 Å². The van der Waals surface area contributed by atoms with E-state index in [0.717, 1.165) is 12.8 Å². The molecule has 1 rings (SSSR count). The van der Waals surface area contributed by atoms with Crippen molar-refractivity contribution in [1.82, 2.24) is 5.32 Å². The Labute approximate surface area is 114 Å². The summed E-state index contributed by atoms with van der Waals surface area (Å²) in [5, 5.41) is 11.9. The highest BCUT2D eigenvalue weighted by Gasteiger charge is 2.28. The Morgan fingerprint density at radius 3 is 2.21 bits per heavy atom. The van der Waals surface area contributed by atoms with Crippen molar-refractivity contribution in [3.05, 3.63) is 0 Å². The lowest BCUT2D eigenvalue weighted by atomic mass is 9.84. The van der Waals surface area contributed by atoms with Gasteiger partial charge in [-0.05, 0) is 31.1 Å². The van der Waals surface area contributed by atoms with Gasteiger partial charge in [-0.1, -0.05) is 20.8 Å². The molecule has 0 aliphatic heterocycles. The van der Waals surface area contributed by atoms with Gasteiger partial charge in [0.1, 0.15) is 0 Å². The summed E-state index contributed by atoms with van der Waals surface area (Å²) < 4.78 is 0. The smallest absolute Gasteiger partial charge is 0.306 e. The second-order valence-corrected chi connectivity index (χ2v) is 6.63. The SMILES string of the molecule is CC(C)(C)C(N)CC(=O)NC1CCC(C(=O)O)CC1. The van der Waals surface area contributed by atoms with E-state index in [1.54, 1.807) is 0 Å². The van der Waals surface area contributed by atoms with Crippen molar-refractivity contribution < 1.29 is 14.7 Å². The van der Waals surface area contributed by atoms with Crippen molar-refractivity contribution in [3.8, 4) is 0 Å². The molecule has 1 unspecified atom stereocenters. The molecule has 110 valence electrons. The molecular formula is C14H26N2O3. The predicted octanol–water partition coefficient (Wildman–Crippen LogP) is 1.51. The van der Waals surface area contributed by atoms with E-state index in [9.17, 15) is 9.59 Å². The predicted molar refractivity (Wildman–Crippen MR) is 73.6 cm³/mol. The maximum atomic E-state index is 11.9. The van der Waals surface area contributed by atoms with Crippen molar-refractivity contribution in [3.63, 3.8) is 0 Å². The van der Waals surface area contributed by atoms with E-state index in [2.05, 4.69) is 5.32 Å². The topological polar surface area (TPSA) is 92.4 Å². The van der Waals surface area contributed by atoms with E-state index in [4.69, 9.17) is 10.8 Å². The van der Waals surface area contributed by atoms with Crippen molar-refractivity contribution in [1.29, 1.82) is 0 Å². The van der Waals surface area contributed by atoms with Crippen LogP contribution in [0.3, 0.4) is 0 Å². The standard InChI is InChI=1S/C14H26N2O3/c1-14(2,3)11(15)8-12(17)16-10-6-4-9(5-7-10)13(18)19/h9-11H,4-8,15H2,1-3H3,(H,16,17)(H,18,19). The molecule has 0 bridgehead atoms. The van der Waals surface area contributed by atoms with Gasteiger partial charge in [0.25, 0.3) is 0 Å². The number of hydrogen-bond donors (Lipinski definition) is 3. The Balaban J connectivity index is 2.33. The highest BCUT2D eigenvalue weighted by molar-refractivity contribution is 5.77. The van der Waals surface area contributed by atoms with Gasteiger partial charge in [0.15, 0.2) is 0 Å². The van der Waals surface area contributed by atoms with Crippen LogP contribution in [0.1, 0.15) is 52.9 Å². The van der Waals surface area contributed by atoms with Crippen LogP contribution in [0.15, 0.2) is 0 Å². The minimum Gasteiger partial charge on any atom is -0.481 e. The second-order valence-electron chi connectivity index (χ2n) is 6.63. The normalized spacial score (nSPS) is 25.7. The van der Waals surface area contributed by atoms with Crippen LogP contribution in [-0.4, -0.2) is 29.1 Å². The molecule has 0 heterocycles. The fourth-order valence-corrected chi connectivity index (χ4v) is 2.28. The number of nitrogens with one attached hydrogen (secondary N) is 1. The molecule has 1 aliphatic carbocycles. The Morgan fingerprint density at radius 1 is 1.26 bits per heavy atom. The number of amides is 1. The summed E-state index contributed by atoms with van der Waals surface area (Å²) in [7, 11) is 0. The Hall–Kier alpha value is -1.10. The van der Waals surface area contributed by atoms with Gasteiger partial charge >= 0.3 is 5.97 Å². The average molecular weight is 270 g/mol. The lowest BCUT2D eigenvalue weighted by molar-refractivity contribution is -0.142. The van der Waals surface area contributed by atoms with Crippen molar-refractivity contribution in [2.75, 3.05) is 0 Å². The number of aliphatic carboxylic acids is 1. The summed E-state index contributed by atoms with van der Waals surface area (Å²) in [5.74, 6) is -0.995. The highest BCUT2D eigenvalue weighted by Crippen LogP contribution is 2.25. The van der Waals surface area contributed by atoms with Crippen LogP contribution < -0.4 is 11.1 Å². The lowest BCUT2D eigenvalue weighted by Gasteiger charge is -2.29. The molecule has 19 heavy (non-hydrogen) atoms. The minimum absolute atomic E-state index is 0.0267. The van der Waals surface area contributed by atoms with E-state index >= 15 is 0 Å². The summed E-state index contributed by atoms with van der Waals surface area (Å²) in [4.78, 5) is 22.7. The van der Waals surface area contributed by atoms with E-state index in [1.807, 2.05) is 20.8 Å². The fourth-order valence-electron chi connectivity index (χ4n) is 2.28. The first-order valence-electron chi connectivity index (χ1n) is 6.98. The molecule has 1 aliphatic rings. The molecule has 5 nitrogen and oxygen atoms in total. The minimum atomic E-state index is -0.723. The second kappa shape index (κ2) is 6.37. The van der Waals surface area contributed by atoms with Gasteiger partial charge in [0.2, 0.25) is 5.91 Å². The quantitative estimate of drug-likeness (QED) is 0.722. The molecule has 0 saturated heterocycles. The van der Waals surface area contributed by atoms with Gasteiger partial charge in [0.05, 0.1) is 5.92 Å². The molecule has 1 amide bonds. The monoisotopic (exact) mass is 270 g/mol. The average Bonchev–Trinajstić information content (AvgIpc) is 2.28. The Kier molecular flexibility index (Phi) is 5.35. The molecule has 0 aromatic carbocycles. The largest absolute Gasteiger partial charge is 0.481 e. The van der Waals surface area contributed by atoms with Gasteiger partial charge in [-0.2, -0.15) is 0 Å². The molecule has 0 spiro atoms. The third kappa shape index (κ3) is 5.19.